The summed E-state index contributed by atoms with van der Waals surface area (Å²) in [4.78, 5) is 8.64. The average molecular weight is 955 g/mol. The average Bonchev–Trinajstić information content (AvgIpc) is 3.87. The zero-order chi connectivity index (χ0) is 47.9. The maximum absolute atomic E-state index is 8.93. The number of hydrogen-bond acceptors (Lipinski definition) is 4. The number of nitrogens with zero attached hydrogens (tertiary/aromatic N) is 4. The zero-order valence-corrected chi connectivity index (χ0v) is 34.5. The van der Waals surface area contributed by atoms with Crippen LogP contribution in [-0.2, 0) is 33.0 Å². The first kappa shape index (κ1) is 28.1. The van der Waals surface area contributed by atoms with Crippen LogP contribution in [0.25, 0.3) is 49.9 Å². The van der Waals surface area contributed by atoms with Crippen molar-refractivity contribution in [1.82, 2.24) is 9.55 Å². The van der Waals surface area contributed by atoms with E-state index in [9.17, 15) is 0 Å². The van der Waals surface area contributed by atoms with Crippen molar-refractivity contribution in [2.45, 2.75) is 32.7 Å². The number of fused-ring (bicyclic) bond motifs is 4. The number of para-hydroxylation sites is 3. The van der Waals surface area contributed by atoms with Gasteiger partial charge in [-0.25, -0.2) is 4.98 Å². The van der Waals surface area contributed by atoms with E-state index in [1.54, 1.807) is 18.2 Å². The number of anilines is 3. The molecule has 0 aliphatic carbocycles. The molecule has 0 spiro atoms. The molecular formula is C53H41N4OPt-3. The Morgan fingerprint density at radius 2 is 1.34 bits per heavy atom. The zero-order valence-electron chi connectivity index (χ0n) is 42.3. The van der Waals surface area contributed by atoms with Gasteiger partial charge in [-0.05, 0) is 74.5 Å². The third kappa shape index (κ3) is 7.21. The first-order valence-electron chi connectivity index (χ1n) is 23.9. The quantitative estimate of drug-likeness (QED) is 0.142. The summed E-state index contributed by atoms with van der Waals surface area (Å²) in [6.45, 7) is 8.37. The van der Waals surface area contributed by atoms with Crippen LogP contribution in [0.4, 0.5) is 17.1 Å². The Morgan fingerprint density at radius 1 is 0.678 bits per heavy atom. The molecule has 0 saturated heterocycles. The van der Waals surface area contributed by atoms with Crippen LogP contribution in [0.5, 0.6) is 11.5 Å². The van der Waals surface area contributed by atoms with Gasteiger partial charge in [-0.2, -0.15) is 18.8 Å². The molecule has 10 rings (SSSR count). The molecule has 1 aliphatic rings. The second-order valence-corrected chi connectivity index (χ2v) is 15.0. The predicted molar refractivity (Wildman–Crippen MR) is 238 cm³/mol. The van der Waals surface area contributed by atoms with Gasteiger partial charge in [0.2, 0.25) is 0 Å². The molecule has 0 radical (unpaired) electrons. The summed E-state index contributed by atoms with van der Waals surface area (Å²) in [6, 6.07) is 36.4. The molecule has 0 unspecified atom stereocenters. The van der Waals surface area contributed by atoms with Gasteiger partial charge in [-0.3, -0.25) is 0 Å². The van der Waals surface area contributed by atoms with Gasteiger partial charge in [0, 0.05) is 62.2 Å². The fourth-order valence-corrected chi connectivity index (χ4v) is 7.59. The molecule has 3 heterocycles. The predicted octanol–water partition coefficient (Wildman–Crippen LogP) is 13.5. The van der Waals surface area contributed by atoms with Gasteiger partial charge >= 0.3 is 0 Å². The van der Waals surface area contributed by atoms with E-state index in [1.807, 2.05) is 95.5 Å². The summed E-state index contributed by atoms with van der Waals surface area (Å²) in [5, 5.41) is 2.06. The molecule has 1 aliphatic heterocycles. The fraction of sp³-hybridized carbons (Fsp3) is 0.0943. The SMILES string of the molecule is [2H]c1c([2H])c([2H])c(-c2cccc(-c3c([2H])c([2H])c([2H])c([2H])c3[2H])c2CN2[CH-]N(c3[c-]c(Oc4[c-]c5c(cc4)c4ccccc4n5-c4cc(C(C)(C)C)ccn4)ccc3)c3ccccc32)c([2H])c1[2H].[Pt]. The van der Waals surface area contributed by atoms with E-state index >= 15 is 0 Å². The van der Waals surface area contributed by atoms with Crippen LogP contribution < -0.4 is 14.5 Å². The van der Waals surface area contributed by atoms with E-state index in [2.05, 4.69) is 55.7 Å². The molecule has 0 bridgehead atoms. The van der Waals surface area contributed by atoms with E-state index in [0.717, 1.165) is 44.6 Å². The summed E-state index contributed by atoms with van der Waals surface area (Å²) in [5.41, 5.74) is 5.73. The van der Waals surface area contributed by atoms with Crippen molar-refractivity contribution >= 4 is 38.9 Å². The van der Waals surface area contributed by atoms with E-state index in [0.29, 0.717) is 22.7 Å². The Labute approximate surface area is 374 Å². The fourth-order valence-electron chi connectivity index (χ4n) is 7.59. The molecule has 6 heteroatoms. The topological polar surface area (TPSA) is 33.5 Å². The van der Waals surface area contributed by atoms with Gasteiger partial charge in [0.15, 0.2) is 0 Å². The van der Waals surface area contributed by atoms with Crippen molar-refractivity contribution in [1.29, 1.82) is 0 Å². The largest absolute Gasteiger partial charge is 0.509 e. The van der Waals surface area contributed by atoms with Gasteiger partial charge in [-0.15, -0.1) is 41.4 Å². The molecule has 5 nitrogen and oxygen atoms in total. The number of ether oxygens (including phenoxy) is 1. The van der Waals surface area contributed by atoms with Gasteiger partial charge in [0.25, 0.3) is 0 Å². The molecule has 0 saturated carbocycles. The van der Waals surface area contributed by atoms with E-state index in [-0.39, 0.29) is 55.3 Å². The minimum atomic E-state index is -0.548. The maximum Gasteiger partial charge on any atom is 0.135 e. The van der Waals surface area contributed by atoms with Crippen molar-refractivity contribution in [3.05, 3.63) is 206 Å². The van der Waals surface area contributed by atoms with Gasteiger partial charge < -0.3 is 19.1 Å². The number of rotatable bonds is 8. The molecule has 9 aromatic rings. The molecule has 7 aromatic carbocycles. The van der Waals surface area contributed by atoms with E-state index in [4.69, 9.17) is 23.4 Å². The van der Waals surface area contributed by atoms with Crippen molar-refractivity contribution in [2.24, 2.45) is 0 Å². The molecular weight excluding hydrogens is 904 g/mol. The Hall–Kier alpha value is -6.42. The molecule has 0 N–H and O–H groups in total. The Bertz CT molecular complexity index is 3390. The number of pyridine rings is 1. The number of aromatic nitrogens is 2. The molecule has 2 aromatic heterocycles. The molecule has 0 fully saturated rings. The van der Waals surface area contributed by atoms with Crippen LogP contribution in [0.3, 0.4) is 0 Å². The van der Waals surface area contributed by atoms with E-state index < -0.39 is 60.4 Å². The summed E-state index contributed by atoms with van der Waals surface area (Å²) >= 11 is 0. The second-order valence-electron chi connectivity index (χ2n) is 15.0. The smallest absolute Gasteiger partial charge is 0.135 e. The van der Waals surface area contributed by atoms with Crippen LogP contribution in [0.15, 0.2) is 176 Å². The van der Waals surface area contributed by atoms with Crippen molar-refractivity contribution in [3.8, 4) is 39.6 Å². The molecule has 0 amide bonds. The summed E-state index contributed by atoms with van der Waals surface area (Å²) in [5.74, 6) is 1.67. The summed E-state index contributed by atoms with van der Waals surface area (Å²) in [7, 11) is 0. The van der Waals surface area contributed by atoms with Gasteiger partial charge in [0.05, 0.1) is 13.7 Å². The van der Waals surface area contributed by atoms with Crippen LogP contribution >= 0.6 is 0 Å². The Morgan fingerprint density at radius 3 is 2.07 bits per heavy atom. The van der Waals surface area contributed by atoms with Crippen LogP contribution in [-0.4, -0.2) is 9.55 Å². The molecule has 59 heavy (non-hydrogen) atoms. The van der Waals surface area contributed by atoms with E-state index in [1.165, 1.54) is 0 Å². The number of benzene rings is 7. The molecule has 292 valence electrons. The monoisotopic (exact) mass is 954 g/mol. The minimum Gasteiger partial charge on any atom is -0.509 e. The van der Waals surface area contributed by atoms with Crippen LogP contribution in [0.2, 0.25) is 0 Å². The Balaban J connectivity index is 0.00000593. The summed E-state index contributed by atoms with van der Waals surface area (Å²) < 4.78 is 94.9. The first-order valence-corrected chi connectivity index (χ1v) is 18.9. The normalized spacial score (nSPS) is 14.8. The van der Waals surface area contributed by atoms with Crippen LogP contribution in [0, 0.1) is 18.8 Å². The van der Waals surface area contributed by atoms with Crippen LogP contribution in [0.1, 0.15) is 45.6 Å². The third-order valence-electron chi connectivity index (χ3n) is 10.4. The van der Waals surface area contributed by atoms with Crippen molar-refractivity contribution in [3.63, 3.8) is 0 Å². The van der Waals surface area contributed by atoms with Crippen molar-refractivity contribution < 1.29 is 39.5 Å². The van der Waals surface area contributed by atoms with Gasteiger partial charge in [-0.1, -0.05) is 135 Å². The number of hydrogen-bond donors (Lipinski definition) is 0. The Kier molecular flexibility index (Phi) is 7.49. The molecule has 0 atom stereocenters. The maximum atomic E-state index is 8.93. The first-order chi connectivity index (χ1) is 32.5. The summed E-state index contributed by atoms with van der Waals surface area (Å²) in [6.07, 6.45) is 1.84. The standard InChI is InChI=1S/C53H41N4O.Pt/c1-53(2,3)39-30-31-54-52(32-39)57-48-25-11-10-22-45(48)46-29-28-42(34-51(46)57)58-41-21-14-20-40(33-41)56-36-55(49-26-12-13-27-50(49)56)35-47-43(37-16-6-4-7-17-37)23-15-24-44(47)38-18-8-5-9-19-38;/h4-32,36H,35H2,1-3H3;/q-3;/i4D,5D,6D,7D,8D,9D,16D,17D,18D,19D;. The van der Waals surface area contributed by atoms with Gasteiger partial charge in [0.1, 0.15) is 5.82 Å². The van der Waals surface area contributed by atoms with Crippen molar-refractivity contribution in [2.75, 3.05) is 9.80 Å². The third-order valence-corrected chi connectivity index (χ3v) is 10.4. The minimum absolute atomic E-state index is 0. The second kappa shape index (κ2) is 15.7.